The third-order valence-corrected chi connectivity index (χ3v) is 9.12. The summed E-state index contributed by atoms with van der Waals surface area (Å²) in [5.41, 5.74) is 3.43. The van der Waals surface area contributed by atoms with Crippen LogP contribution in [0.3, 0.4) is 0 Å². The number of carbonyl (C=O) groups excluding carboxylic acids is 2. The number of carbonyl (C=O) groups is 2. The molecule has 11 heteroatoms. The van der Waals surface area contributed by atoms with Crippen LogP contribution in [0.2, 0.25) is 0 Å². The topological polar surface area (TPSA) is 141 Å². The summed E-state index contributed by atoms with van der Waals surface area (Å²) >= 11 is 0. The van der Waals surface area contributed by atoms with Gasteiger partial charge in [0.05, 0.1) is 36.4 Å². The lowest BCUT2D eigenvalue weighted by Crippen LogP contribution is -2.49. The molecule has 0 radical (unpaired) electrons. The lowest BCUT2D eigenvalue weighted by molar-refractivity contribution is 0.0825. The number of rotatable bonds is 14. The molecule has 4 rings (SSSR count). The summed E-state index contributed by atoms with van der Waals surface area (Å²) < 4.78 is 31.2. The summed E-state index contributed by atoms with van der Waals surface area (Å²) in [7, 11) is -2.36. The van der Waals surface area contributed by atoms with Crippen LogP contribution < -0.4 is 20.3 Å². The van der Waals surface area contributed by atoms with Crippen molar-refractivity contribution in [3.8, 4) is 0 Å². The van der Waals surface area contributed by atoms with Gasteiger partial charge in [-0.05, 0) is 68.7 Å². The molecule has 0 fully saturated rings. The fourth-order valence-electron chi connectivity index (χ4n) is 4.95. The molecular formula is C35H42N4O6S. The molecule has 244 valence electrons. The number of aliphatic hydroxyl groups excluding tert-OH is 1. The summed E-state index contributed by atoms with van der Waals surface area (Å²) in [5.74, 6) is -0.543. The van der Waals surface area contributed by atoms with E-state index in [2.05, 4.69) is 16.0 Å². The molecule has 1 aromatic heterocycles. The van der Waals surface area contributed by atoms with Crippen LogP contribution in [-0.2, 0) is 16.4 Å². The second kappa shape index (κ2) is 15.2. The summed E-state index contributed by atoms with van der Waals surface area (Å²) in [6.45, 7) is 5.97. The fraction of sp³-hybridized carbons (Fsp3) is 0.314. The van der Waals surface area contributed by atoms with E-state index in [0.29, 0.717) is 12.2 Å². The Morgan fingerprint density at radius 1 is 0.870 bits per heavy atom. The quantitative estimate of drug-likeness (QED) is 0.158. The number of aliphatic hydroxyl groups is 1. The van der Waals surface area contributed by atoms with E-state index in [1.165, 1.54) is 31.5 Å². The molecular weight excluding hydrogens is 604 g/mol. The zero-order valence-corrected chi connectivity index (χ0v) is 27.5. The van der Waals surface area contributed by atoms with Gasteiger partial charge in [-0.25, -0.2) is 8.42 Å². The van der Waals surface area contributed by atoms with Crippen LogP contribution >= 0.6 is 0 Å². The largest absolute Gasteiger partial charge is 0.467 e. The second-order valence-corrected chi connectivity index (χ2v) is 13.6. The lowest BCUT2D eigenvalue weighted by atomic mass is 9.99. The number of sulfonamides is 1. The summed E-state index contributed by atoms with van der Waals surface area (Å²) in [6, 6.07) is 24.1. The molecule has 0 aliphatic rings. The van der Waals surface area contributed by atoms with Gasteiger partial charge in [-0.3, -0.25) is 13.9 Å². The Morgan fingerprint density at radius 3 is 2.09 bits per heavy atom. The maximum atomic E-state index is 13.8. The van der Waals surface area contributed by atoms with Crippen molar-refractivity contribution in [3.63, 3.8) is 0 Å². The first kappa shape index (κ1) is 34.4. The number of furan rings is 1. The van der Waals surface area contributed by atoms with Crippen molar-refractivity contribution in [2.45, 2.75) is 51.4 Å². The van der Waals surface area contributed by atoms with Gasteiger partial charge in [-0.2, -0.15) is 0 Å². The Morgan fingerprint density at radius 2 is 1.50 bits per heavy atom. The van der Waals surface area contributed by atoms with Crippen LogP contribution in [-0.4, -0.2) is 57.3 Å². The van der Waals surface area contributed by atoms with E-state index in [-0.39, 0.29) is 29.4 Å². The van der Waals surface area contributed by atoms with E-state index >= 15 is 0 Å². The Bertz CT molecular complexity index is 1710. The second-order valence-electron chi connectivity index (χ2n) is 11.6. The molecule has 10 nitrogen and oxygen atoms in total. The Hall–Kier alpha value is -4.45. The molecule has 2 amide bonds. The predicted octanol–water partition coefficient (Wildman–Crippen LogP) is 4.53. The SMILES string of the molecule is Cc1ccc([C@@H](C)NC[C@@H](O)[C@H](Cc2ccccc2)NC(=O)c2cc(C(=O)NC(C)c3ccco3)cc(N(C)S(C)(=O)=O)c2)cc1. The van der Waals surface area contributed by atoms with Crippen LogP contribution in [0.4, 0.5) is 5.69 Å². The summed E-state index contributed by atoms with van der Waals surface area (Å²) in [5, 5.41) is 20.5. The van der Waals surface area contributed by atoms with Crippen LogP contribution in [0.15, 0.2) is 95.6 Å². The number of aryl methyl sites for hydroxylation is 1. The zero-order valence-electron chi connectivity index (χ0n) is 26.7. The molecule has 4 atom stereocenters. The molecule has 1 unspecified atom stereocenters. The standard InChI is InChI=1S/C35H42N4O6S/c1-23-13-15-27(16-14-23)24(2)36-22-32(40)31(18-26-10-7-6-8-11-26)38-35(42)29-19-28(20-30(21-29)39(4)46(5,43)44)34(41)37-25(3)33-12-9-17-45-33/h6-17,19-21,24-25,31-32,36,40H,18,22H2,1-5H3,(H,37,41)(H,38,42)/t24-,25?,31+,32-/m1/s1. The lowest BCUT2D eigenvalue weighted by Gasteiger charge is -2.27. The van der Waals surface area contributed by atoms with Crippen LogP contribution in [0.25, 0.3) is 0 Å². The van der Waals surface area contributed by atoms with Crippen molar-refractivity contribution in [2.24, 2.45) is 0 Å². The van der Waals surface area contributed by atoms with Crippen molar-refractivity contribution >= 4 is 27.5 Å². The Labute approximate surface area is 270 Å². The highest BCUT2D eigenvalue weighted by atomic mass is 32.2. The van der Waals surface area contributed by atoms with Crippen LogP contribution in [0, 0.1) is 6.92 Å². The van der Waals surface area contributed by atoms with Crippen molar-refractivity contribution in [1.29, 1.82) is 0 Å². The minimum absolute atomic E-state index is 0.0452. The van der Waals surface area contributed by atoms with Gasteiger partial charge in [0.1, 0.15) is 5.76 Å². The number of nitrogens with one attached hydrogen (secondary N) is 3. The van der Waals surface area contributed by atoms with Gasteiger partial charge in [-0.1, -0.05) is 60.2 Å². The molecule has 0 aliphatic heterocycles. The monoisotopic (exact) mass is 646 g/mol. The van der Waals surface area contributed by atoms with E-state index in [0.717, 1.165) is 27.3 Å². The molecule has 4 N–H and O–H groups in total. The first-order chi connectivity index (χ1) is 21.8. The van der Waals surface area contributed by atoms with Gasteiger partial charge in [0.15, 0.2) is 0 Å². The fourth-order valence-corrected chi connectivity index (χ4v) is 5.44. The van der Waals surface area contributed by atoms with Crippen molar-refractivity contribution in [3.05, 3.63) is 125 Å². The third kappa shape index (κ3) is 9.29. The van der Waals surface area contributed by atoms with Crippen molar-refractivity contribution in [2.75, 3.05) is 24.2 Å². The van der Waals surface area contributed by atoms with E-state index < -0.39 is 40.0 Å². The number of anilines is 1. The first-order valence-corrected chi connectivity index (χ1v) is 16.9. The maximum Gasteiger partial charge on any atom is 0.251 e. The number of nitrogens with zero attached hydrogens (tertiary/aromatic N) is 1. The van der Waals surface area contributed by atoms with Gasteiger partial charge < -0.3 is 25.5 Å². The highest BCUT2D eigenvalue weighted by molar-refractivity contribution is 7.92. The number of benzene rings is 3. The molecule has 3 aromatic carbocycles. The van der Waals surface area contributed by atoms with Crippen LogP contribution in [0.1, 0.15) is 69.1 Å². The van der Waals surface area contributed by atoms with Gasteiger partial charge in [0.25, 0.3) is 11.8 Å². The third-order valence-electron chi connectivity index (χ3n) is 7.91. The zero-order chi connectivity index (χ0) is 33.4. The Kier molecular flexibility index (Phi) is 11.4. The van der Waals surface area contributed by atoms with Gasteiger partial charge in [0, 0.05) is 30.8 Å². The number of hydrogen-bond donors (Lipinski definition) is 4. The molecule has 0 spiro atoms. The summed E-state index contributed by atoms with van der Waals surface area (Å²) in [4.78, 5) is 27.1. The molecule has 1 heterocycles. The smallest absolute Gasteiger partial charge is 0.251 e. The van der Waals surface area contributed by atoms with E-state index in [1.54, 1.807) is 19.1 Å². The van der Waals surface area contributed by atoms with Gasteiger partial charge in [-0.15, -0.1) is 0 Å². The average molecular weight is 647 g/mol. The molecule has 4 aromatic rings. The minimum Gasteiger partial charge on any atom is -0.467 e. The van der Waals surface area contributed by atoms with E-state index in [9.17, 15) is 23.1 Å². The van der Waals surface area contributed by atoms with Crippen molar-refractivity contribution in [1.82, 2.24) is 16.0 Å². The molecule has 0 saturated carbocycles. The van der Waals surface area contributed by atoms with E-state index in [4.69, 9.17) is 4.42 Å². The van der Waals surface area contributed by atoms with Gasteiger partial charge >= 0.3 is 0 Å². The minimum atomic E-state index is -3.71. The molecule has 0 saturated heterocycles. The normalized spacial score (nSPS) is 14.1. The molecule has 0 bridgehead atoms. The molecule has 0 aliphatic carbocycles. The summed E-state index contributed by atoms with van der Waals surface area (Å²) in [6.07, 6.45) is 1.90. The predicted molar refractivity (Wildman–Crippen MR) is 179 cm³/mol. The number of hydrogen-bond acceptors (Lipinski definition) is 7. The number of amides is 2. The Balaban J connectivity index is 1.59. The average Bonchev–Trinajstić information content (AvgIpc) is 3.58. The molecule has 46 heavy (non-hydrogen) atoms. The van der Waals surface area contributed by atoms with Crippen LogP contribution in [0.5, 0.6) is 0 Å². The maximum absolute atomic E-state index is 13.8. The van der Waals surface area contributed by atoms with E-state index in [1.807, 2.05) is 68.4 Å². The van der Waals surface area contributed by atoms with Gasteiger partial charge in [0.2, 0.25) is 10.0 Å². The highest BCUT2D eigenvalue weighted by Gasteiger charge is 2.25. The van der Waals surface area contributed by atoms with Crippen molar-refractivity contribution < 1.29 is 27.5 Å². The highest BCUT2D eigenvalue weighted by Crippen LogP contribution is 2.23. The first-order valence-electron chi connectivity index (χ1n) is 15.1.